The average molecular weight is 275 g/mol. The summed E-state index contributed by atoms with van der Waals surface area (Å²) in [5.41, 5.74) is 2.46. The minimum Gasteiger partial charge on any atom is -0.497 e. The van der Waals surface area contributed by atoms with Crippen molar-refractivity contribution in [2.24, 2.45) is 0 Å². The Morgan fingerprint density at radius 1 is 1.16 bits per heavy atom. The summed E-state index contributed by atoms with van der Waals surface area (Å²) in [5.74, 6) is 1.51. The standard InChI is InChI=1S/C13H11ClN4O/c1-8-15-16-12-7-11(13(14)17-18(8)12)9-3-5-10(19-2)6-4-9/h3-7H,1-2H3. The molecule has 0 saturated heterocycles. The molecular weight excluding hydrogens is 264 g/mol. The van der Waals surface area contributed by atoms with Gasteiger partial charge >= 0.3 is 0 Å². The van der Waals surface area contributed by atoms with Gasteiger partial charge in [0.1, 0.15) is 5.75 Å². The molecule has 0 aliphatic rings. The molecule has 96 valence electrons. The van der Waals surface area contributed by atoms with E-state index in [4.69, 9.17) is 16.3 Å². The number of nitrogens with zero attached hydrogens (tertiary/aromatic N) is 4. The first-order valence-corrected chi connectivity index (χ1v) is 6.10. The van der Waals surface area contributed by atoms with Gasteiger partial charge in [0.05, 0.1) is 7.11 Å². The van der Waals surface area contributed by atoms with E-state index in [2.05, 4.69) is 15.3 Å². The third-order valence-electron chi connectivity index (χ3n) is 2.91. The average Bonchev–Trinajstić information content (AvgIpc) is 2.79. The molecule has 0 radical (unpaired) electrons. The van der Waals surface area contributed by atoms with Gasteiger partial charge in [-0.15, -0.1) is 10.2 Å². The van der Waals surface area contributed by atoms with Gasteiger partial charge < -0.3 is 4.74 Å². The summed E-state index contributed by atoms with van der Waals surface area (Å²) >= 11 is 6.22. The van der Waals surface area contributed by atoms with Gasteiger partial charge in [-0.1, -0.05) is 23.7 Å². The molecule has 0 amide bonds. The lowest BCUT2D eigenvalue weighted by Crippen LogP contribution is -1.96. The van der Waals surface area contributed by atoms with Crippen molar-refractivity contribution < 1.29 is 4.74 Å². The number of benzene rings is 1. The zero-order chi connectivity index (χ0) is 13.4. The molecular formula is C13H11ClN4O. The van der Waals surface area contributed by atoms with Gasteiger partial charge in [-0.25, -0.2) is 0 Å². The number of hydrogen-bond acceptors (Lipinski definition) is 4. The fourth-order valence-corrected chi connectivity index (χ4v) is 2.13. The van der Waals surface area contributed by atoms with Crippen LogP contribution in [0.1, 0.15) is 5.82 Å². The van der Waals surface area contributed by atoms with Crippen molar-refractivity contribution in [3.05, 3.63) is 41.3 Å². The molecule has 0 spiro atoms. The molecule has 0 N–H and O–H groups in total. The number of ether oxygens (including phenoxy) is 1. The van der Waals surface area contributed by atoms with Crippen LogP contribution in [0.15, 0.2) is 30.3 Å². The maximum Gasteiger partial charge on any atom is 0.178 e. The molecule has 0 aliphatic carbocycles. The van der Waals surface area contributed by atoms with Crippen LogP contribution in [0.3, 0.4) is 0 Å². The van der Waals surface area contributed by atoms with Crippen molar-refractivity contribution in [1.29, 1.82) is 0 Å². The SMILES string of the molecule is COc1ccc(-c2cc3nnc(C)n3nc2Cl)cc1. The fraction of sp³-hybridized carbons (Fsp3) is 0.154. The zero-order valence-corrected chi connectivity index (χ0v) is 11.2. The Balaban J connectivity index is 2.15. The van der Waals surface area contributed by atoms with Crippen LogP contribution >= 0.6 is 11.6 Å². The van der Waals surface area contributed by atoms with Crippen LogP contribution in [-0.4, -0.2) is 26.9 Å². The topological polar surface area (TPSA) is 52.3 Å². The Labute approximate surface area is 114 Å². The monoisotopic (exact) mass is 274 g/mol. The highest BCUT2D eigenvalue weighted by Gasteiger charge is 2.10. The van der Waals surface area contributed by atoms with Crippen LogP contribution in [0, 0.1) is 6.92 Å². The Kier molecular flexibility index (Phi) is 2.83. The predicted octanol–water partition coefficient (Wildman–Crippen LogP) is 2.76. The van der Waals surface area contributed by atoms with E-state index in [1.54, 1.807) is 11.6 Å². The minimum absolute atomic E-state index is 0.417. The first-order valence-electron chi connectivity index (χ1n) is 5.72. The third-order valence-corrected chi connectivity index (χ3v) is 3.18. The van der Waals surface area contributed by atoms with Crippen molar-refractivity contribution in [3.63, 3.8) is 0 Å². The van der Waals surface area contributed by atoms with Crippen molar-refractivity contribution in [2.75, 3.05) is 7.11 Å². The molecule has 0 aliphatic heterocycles. The Morgan fingerprint density at radius 3 is 2.58 bits per heavy atom. The summed E-state index contributed by atoms with van der Waals surface area (Å²) in [6.45, 7) is 1.83. The van der Waals surface area contributed by atoms with Crippen LogP contribution in [0.4, 0.5) is 0 Å². The Bertz CT molecular complexity index is 736. The number of hydrogen-bond donors (Lipinski definition) is 0. The molecule has 3 rings (SSSR count). The van der Waals surface area contributed by atoms with E-state index in [1.807, 2.05) is 37.3 Å². The summed E-state index contributed by atoms with van der Waals surface area (Å²) in [4.78, 5) is 0. The second-order valence-corrected chi connectivity index (χ2v) is 4.45. The summed E-state index contributed by atoms with van der Waals surface area (Å²) in [6, 6.07) is 9.50. The minimum atomic E-state index is 0.417. The molecule has 3 aromatic rings. The summed E-state index contributed by atoms with van der Waals surface area (Å²) in [6.07, 6.45) is 0. The number of rotatable bonds is 2. The summed E-state index contributed by atoms with van der Waals surface area (Å²) < 4.78 is 6.75. The maximum absolute atomic E-state index is 6.22. The molecule has 2 aromatic heterocycles. The van der Waals surface area contributed by atoms with Crippen LogP contribution in [0.5, 0.6) is 5.75 Å². The number of methoxy groups -OCH3 is 1. The van der Waals surface area contributed by atoms with Crippen molar-refractivity contribution in [1.82, 2.24) is 19.8 Å². The second kappa shape index (κ2) is 4.51. The number of halogens is 1. The maximum atomic E-state index is 6.22. The lowest BCUT2D eigenvalue weighted by atomic mass is 10.1. The van der Waals surface area contributed by atoms with E-state index in [-0.39, 0.29) is 0 Å². The van der Waals surface area contributed by atoms with E-state index in [9.17, 15) is 0 Å². The molecule has 0 bridgehead atoms. The van der Waals surface area contributed by atoms with Crippen molar-refractivity contribution in [2.45, 2.75) is 6.92 Å². The highest BCUT2D eigenvalue weighted by atomic mass is 35.5. The third kappa shape index (κ3) is 2.02. The molecule has 5 nitrogen and oxygen atoms in total. The smallest absolute Gasteiger partial charge is 0.178 e. The van der Waals surface area contributed by atoms with Gasteiger partial charge in [-0.2, -0.15) is 9.61 Å². The van der Waals surface area contributed by atoms with Crippen molar-refractivity contribution >= 4 is 17.2 Å². The Hall–Kier alpha value is -2.14. The highest BCUT2D eigenvalue weighted by Crippen LogP contribution is 2.28. The van der Waals surface area contributed by atoms with Crippen LogP contribution < -0.4 is 4.74 Å². The number of aromatic nitrogens is 4. The molecule has 0 atom stereocenters. The quantitative estimate of drug-likeness (QED) is 0.721. The first kappa shape index (κ1) is 11.9. The molecule has 6 heteroatoms. The molecule has 0 fully saturated rings. The van der Waals surface area contributed by atoms with E-state index >= 15 is 0 Å². The van der Waals surface area contributed by atoms with Gasteiger partial charge in [0.25, 0.3) is 0 Å². The van der Waals surface area contributed by atoms with Crippen LogP contribution in [0.25, 0.3) is 16.8 Å². The predicted molar refractivity (Wildman–Crippen MR) is 72.5 cm³/mol. The second-order valence-electron chi connectivity index (χ2n) is 4.09. The molecule has 0 unspecified atom stereocenters. The first-order chi connectivity index (χ1) is 9.19. The van der Waals surface area contributed by atoms with E-state index in [0.717, 1.165) is 16.9 Å². The van der Waals surface area contributed by atoms with Gasteiger partial charge in [0, 0.05) is 5.56 Å². The van der Waals surface area contributed by atoms with Crippen molar-refractivity contribution in [3.8, 4) is 16.9 Å². The molecule has 19 heavy (non-hydrogen) atoms. The zero-order valence-electron chi connectivity index (χ0n) is 10.5. The summed E-state index contributed by atoms with van der Waals surface area (Å²) in [7, 11) is 1.63. The van der Waals surface area contributed by atoms with Gasteiger partial charge in [0.2, 0.25) is 0 Å². The van der Waals surface area contributed by atoms with Gasteiger partial charge in [-0.3, -0.25) is 0 Å². The lowest BCUT2D eigenvalue weighted by molar-refractivity contribution is 0.415. The van der Waals surface area contributed by atoms with Crippen LogP contribution in [0.2, 0.25) is 5.15 Å². The number of aryl methyl sites for hydroxylation is 1. The lowest BCUT2D eigenvalue weighted by Gasteiger charge is -2.06. The van der Waals surface area contributed by atoms with Gasteiger partial charge in [-0.05, 0) is 30.7 Å². The summed E-state index contributed by atoms with van der Waals surface area (Å²) in [5, 5.41) is 12.7. The largest absolute Gasteiger partial charge is 0.497 e. The molecule has 1 aromatic carbocycles. The van der Waals surface area contributed by atoms with Gasteiger partial charge in [0.15, 0.2) is 16.6 Å². The van der Waals surface area contributed by atoms with E-state index in [0.29, 0.717) is 16.6 Å². The number of fused-ring (bicyclic) bond motifs is 1. The van der Waals surface area contributed by atoms with E-state index in [1.165, 1.54) is 0 Å². The molecule has 0 saturated carbocycles. The molecule has 2 heterocycles. The van der Waals surface area contributed by atoms with Crippen LogP contribution in [-0.2, 0) is 0 Å². The normalized spacial score (nSPS) is 10.9. The Morgan fingerprint density at radius 2 is 1.89 bits per heavy atom. The van der Waals surface area contributed by atoms with E-state index < -0.39 is 0 Å². The highest BCUT2D eigenvalue weighted by molar-refractivity contribution is 6.32. The fourth-order valence-electron chi connectivity index (χ4n) is 1.89.